The first-order chi connectivity index (χ1) is 8.52. The molecule has 4 nitrogen and oxygen atoms in total. The molecule has 0 aliphatic heterocycles. The summed E-state index contributed by atoms with van der Waals surface area (Å²) in [6.07, 6.45) is 0.0723. The molecule has 94 valence electrons. The van der Waals surface area contributed by atoms with Crippen LogP contribution in [0.15, 0.2) is 27.4 Å². The zero-order chi connectivity index (χ0) is 13.3. The average Bonchev–Trinajstić information content (AvgIpc) is 2.33. The van der Waals surface area contributed by atoms with Gasteiger partial charge in [-0.1, -0.05) is 12.1 Å². The molecule has 0 N–H and O–H groups in total. The monoisotopic (exact) mass is 246 g/mol. The molecule has 0 radical (unpaired) electrons. The Kier molecular flexibility index (Phi) is 3.19. The van der Waals surface area contributed by atoms with E-state index in [1.54, 1.807) is 0 Å². The number of hydrogen-bond acceptors (Lipinski definition) is 4. The molecule has 0 saturated heterocycles. The van der Waals surface area contributed by atoms with Crippen LogP contribution in [0.1, 0.15) is 16.7 Å². The number of aryl methyl sites for hydroxylation is 2. The van der Waals surface area contributed by atoms with E-state index in [0.29, 0.717) is 11.1 Å². The number of esters is 1. The Bertz CT molecular complexity index is 667. The topological polar surface area (TPSA) is 56.5 Å². The van der Waals surface area contributed by atoms with Crippen molar-refractivity contribution in [3.63, 3.8) is 0 Å². The summed E-state index contributed by atoms with van der Waals surface area (Å²) in [5.74, 6) is -0.372. The minimum atomic E-state index is -0.449. The Labute approximate surface area is 104 Å². The van der Waals surface area contributed by atoms with Gasteiger partial charge in [0.1, 0.15) is 5.58 Å². The van der Waals surface area contributed by atoms with Crippen molar-refractivity contribution in [1.82, 2.24) is 0 Å². The van der Waals surface area contributed by atoms with Gasteiger partial charge in [-0.15, -0.1) is 0 Å². The molecule has 0 spiro atoms. The second-order valence-electron chi connectivity index (χ2n) is 4.25. The van der Waals surface area contributed by atoms with Gasteiger partial charge in [0.25, 0.3) is 0 Å². The lowest BCUT2D eigenvalue weighted by atomic mass is 10.0. The summed E-state index contributed by atoms with van der Waals surface area (Å²) in [6, 6.07) is 5.19. The highest BCUT2D eigenvalue weighted by Crippen LogP contribution is 2.24. The standard InChI is InChI=1S/C14H14O4/c1-8-4-5-9(2)14-13(8)10(6-11(15)17-3)7-12(16)18-14/h4-5,7H,6H2,1-3H3. The van der Waals surface area contributed by atoms with Crippen molar-refractivity contribution in [2.75, 3.05) is 7.11 Å². The van der Waals surface area contributed by atoms with Crippen molar-refractivity contribution >= 4 is 16.9 Å². The predicted molar refractivity (Wildman–Crippen MR) is 67.7 cm³/mol. The van der Waals surface area contributed by atoms with Crippen LogP contribution in [0, 0.1) is 13.8 Å². The Morgan fingerprint density at radius 3 is 2.61 bits per heavy atom. The lowest BCUT2D eigenvalue weighted by Crippen LogP contribution is -2.09. The number of ether oxygens (including phenoxy) is 1. The summed E-state index contributed by atoms with van der Waals surface area (Å²) in [5, 5.41) is 0.819. The van der Waals surface area contributed by atoms with Crippen molar-refractivity contribution in [2.24, 2.45) is 0 Å². The van der Waals surface area contributed by atoms with Crippen LogP contribution >= 0.6 is 0 Å². The Balaban J connectivity index is 2.76. The number of benzene rings is 1. The summed E-state index contributed by atoms with van der Waals surface area (Å²) in [4.78, 5) is 22.9. The van der Waals surface area contributed by atoms with E-state index in [0.717, 1.165) is 16.5 Å². The van der Waals surface area contributed by atoms with Crippen LogP contribution in [0.5, 0.6) is 0 Å². The van der Waals surface area contributed by atoms with Crippen molar-refractivity contribution in [3.8, 4) is 0 Å². The molecule has 18 heavy (non-hydrogen) atoms. The molecule has 0 atom stereocenters. The van der Waals surface area contributed by atoms with E-state index in [1.165, 1.54) is 13.2 Å². The van der Waals surface area contributed by atoms with Crippen LogP contribution < -0.4 is 5.63 Å². The number of rotatable bonds is 2. The van der Waals surface area contributed by atoms with Crippen molar-refractivity contribution < 1.29 is 13.9 Å². The second-order valence-corrected chi connectivity index (χ2v) is 4.25. The summed E-state index contributed by atoms with van der Waals surface area (Å²) >= 11 is 0. The molecular formula is C14H14O4. The molecule has 4 heteroatoms. The van der Waals surface area contributed by atoms with E-state index in [4.69, 9.17) is 4.42 Å². The maximum Gasteiger partial charge on any atom is 0.336 e. The minimum absolute atomic E-state index is 0.0723. The number of carbonyl (C=O) groups excluding carboxylic acids is 1. The molecule has 2 aromatic rings. The second kappa shape index (κ2) is 4.64. The highest BCUT2D eigenvalue weighted by molar-refractivity contribution is 5.89. The highest BCUT2D eigenvalue weighted by Gasteiger charge is 2.13. The quantitative estimate of drug-likeness (QED) is 0.601. The van der Waals surface area contributed by atoms with Crippen LogP contribution in [-0.4, -0.2) is 13.1 Å². The maximum absolute atomic E-state index is 11.5. The lowest BCUT2D eigenvalue weighted by molar-refractivity contribution is -0.139. The number of carbonyl (C=O) groups is 1. The molecule has 0 amide bonds. The van der Waals surface area contributed by atoms with E-state index < -0.39 is 5.63 Å². The fourth-order valence-corrected chi connectivity index (χ4v) is 2.03. The maximum atomic E-state index is 11.5. The first-order valence-corrected chi connectivity index (χ1v) is 5.62. The molecule has 1 aromatic carbocycles. The normalized spacial score (nSPS) is 10.6. The van der Waals surface area contributed by atoms with Crippen LogP contribution in [0.2, 0.25) is 0 Å². The molecule has 0 bridgehead atoms. The first kappa shape index (κ1) is 12.4. The van der Waals surface area contributed by atoms with Gasteiger partial charge in [0.15, 0.2) is 0 Å². The van der Waals surface area contributed by atoms with Gasteiger partial charge in [0.05, 0.1) is 13.5 Å². The van der Waals surface area contributed by atoms with Crippen LogP contribution in [0.3, 0.4) is 0 Å². The average molecular weight is 246 g/mol. The number of hydrogen-bond donors (Lipinski definition) is 0. The number of fused-ring (bicyclic) bond motifs is 1. The fourth-order valence-electron chi connectivity index (χ4n) is 2.03. The van der Waals surface area contributed by atoms with E-state index >= 15 is 0 Å². The lowest BCUT2D eigenvalue weighted by Gasteiger charge is -2.08. The Hall–Kier alpha value is -2.10. The molecule has 1 heterocycles. The van der Waals surface area contributed by atoms with Gasteiger partial charge in [-0.3, -0.25) is 4.79 Å². The van der Waals surface area contributed by atoms with Crippen LogP contribution in [-0.2, 0) is 16.0 Å². The zero-order valence-corrected chi connectivity index (χ0v) is 10.6. The summed E-state index contributed by atoms with van der Waals surface area (Å²) < 4.78 is 9.86. The Morgan fingerprint density at radius 2 is 1.94 bits per heavy atom. The highest BCUT2D eigenvalue weighted by atomic mass is 16.5. The van der Waals surface area contributed by atoms with Gasteiger partial charge in [0, 0.05) is 11.5 Å². The largest absolute Gasteiger partial charge is 0.469 e. The van der Waals surface area contributed by atoms with Gasteiger partial charge in [-0.05, 0) is 30.5 Å². The smallest absolute Gasteiger partial charge is 0.336 e. The first-order valence-electron chi connectivity index (χ1n) is 5.62. The molecule has 0 unspecified atom stereocenters. The van der Waals surface area contributed by atoms with E-state index in [1.807, 2.05) is 26.0 Å². The van der Waals surface area contributed by atoms with E-state index in [2.05, 4.69) is 4.74 Å². The van der Waals surface area contributed by atoms with Gasteiger partial charge in [-0.25, -0.2) is 4.79 Å². The molecular weight excluding hydrogens is 232 g/mol. The van der Waals surface area contributed by atoms with Crippen molar-refractivity contribution in [3.05, 3.63) is 45.3 Å². The van der Waals surface area contributed by atoms with Gasteiger partial charge in [-0.2, -0.15) is 0 Å². The SMILES string of the molecule is COC(=O)Cc1cc(=O)oc2c(C)ccc(C)c12. The third-order valence-corrected chi connectivity index (χ3v) is 2.94. The summed E-state index contributed by atoms with van der Waals surface area (Å²) in [7, 11) is 1.33. The molecule has 0 aliphatic carbocycles. The Morgan fingerprint density at radius 1 is 1.28 bits per heavy atom. The summed E-state index contributed by atoms with van der Waals surface area (Å²) in [5.41, 5.74) is 2.59. The summed E-state index contributed by atoms with van der Waals surface area (Å²) in [6.45, 7) is 3.79. The van der Waals surface area contributed by atoms with E-state index in [-0.39, 0.29) is 12.4 Å². The zero-order valence-electron chi connectivity index (χ0n) is 10.6. The van der Waals surface area contributed by atoms with E-state index in [9.17, 15) is 9.59 Å². The molecule has 0 saturated carbocycles. The van der Waals surface area contributed by atoms with Gasteiger partial charge in [0.2, 0.25) is 0 Å². The predicted octanol–water partition coefficient (Wildman–Crippen LogP) is 2.13. The molecule has 1 aromatic heterocycles. The van der Waals surface area contributed by atoms with Crippen molar-refractivity contribution in [2.45, 2.75) is 20.3 Å². The number of methoxy groups -OCH3 is 1. The molecule has 0 aliphatic rings. The third-order valence-electron chi connectivity index (χ3n) is 2.94. The van der Waals surface area contributed by atoms with Crippen LogP contribution in [0.4, 0.5) is 0 Å². The van der Waals surface area contributed by atoms with Gasteiger partial charge < -0.3 is 9.15 Å². The van der Waals surface area contributed by atoms with Gasteiger partial charge >= 0.3 is 11.6 Å². The minimum Gasteiger partial charge on any atom is -0.469 e. The third kappa shape index (κ3) is 2.14. The molecule has 0 fully saturated rings. The van der Waals surface area contributed by atoms with Crippen LogP contribution in [0.25, 0.3) is 11.0 Å². The molecule has 2 rings (SSSR count). The fraction of sp³-hybridized carbons (Fsp3) is 0.286. The van der Waals surface area contributed by atoms with Crippen molar-refractivity contribution in [1.29, 1.82) is 0 Å².